The van der Waals surface area contributed by atoms with Crippen LogP contribution in [0.15, 0.2) is 33.9 Å². The third-order valence-electron chi connectivity index (χ3n) is 4.82. The van der Waals surface area contributed by atoms with Crippen molar-refractivity contribution in [3.05, 3.63) is 50.7 Å². The van der Waals surface area contributed by atoms with Crippen LogP contribution in [0.25, 0.3) is 0 Å². The van der Waals surface area contributed by atoms with E-state index in [1.165, 1.54) is 9.47 Å². The molecule has 33 heavy (non-hydrogen) atoms. The molecule has 0 saturated carbocycles. The van der Waals surface area contributed by atoms with Crippen LogP contribution >= 0.6 is 0 Å². The number of nitrogens with zero attached hydrogens (tertiary/aromatic N) is 3. The smallest absolute Gasteiger partial charge is 0.330 e. The van der Waals surface area contributed by atoms with Gasteiger partial charge in [0.25, 0.3) is 11.5 Å². The highest BCUT2D eigenvalue weighted by Gasteiger charge is 2.22. The minimum Gasteiger partial charge on any atom is -0.383 e. The van der Waals surface area contributed by atoms with Gasteiger partial charge in [-0.1, -0.05) is 27.7 Å². The summed E-state index contributed by atoms with van der Waals surface area (Å²) < 4.78 is 1.33. The van der Waals surface area contributed by atoms with Gasteiger partial charge in [0.15, 0.2) is 0 Å². The lowest BCUT2D eigenvalue weighted by molar-refractivity contribution is -0.115. The van der Waals surface area contributed by atoms with Crippen molar-refractivity contribution in [2.45, 2.75) is 34.2 Å². The van der Waals surface area contributed by atoms with Gasteiger partial charge >= 0.3 is 5.69 Å². The fraction of sp³-hybridized carbons (Fsp3) is 0.478. The maximum atomic E-state index is 12.8. The van der Waals surface area contributed by atoms with E-state index in [2.05, 4.69) is 10.3 Å². The predicted octanol–water partition coefficient (Wildman–Crippen LogP) is 1.58. The molecule has 180 valence electrons. The Morgan fingerprint density at radius 2 is 1.67 bits per heavy atom. The number of hydrogen-bond acceptors (Lipinski definition) is 6. The molecule has 1 aromatic heterocycles. The number of rotatable bonds is 9. The number of amides is 2. The molecule has 0 saturated heterocycles. The highest BCUT2D eigenvalue weighted by molar-refractivity contribution is 5.96. The molecule has 10 heteroatoms. The normalized spacial score (nSPS) is 11.0. The molecule has 0 spiro atoms. The second-order valence-corrected chi connectivity index (χ2v) is 9.10. The molecule has 0 aliphatic heterocycles. The Morgan fingerprint density at radius 3 is 2.18 bits per heavy atom. The summed E-state index contributed by atoms with van der Waals surface area (Å²) in [5.74, 6) is -0.200. The number of benzene rings is 1. The zero-order chi connectivity index (χ0) is 24.9. The van der Waals surface area contributed by atoms with Crippen molar-refractivity contribution in [1.82, 2.24) is 14.5 Å². The van der Waals surface area contributed by atoms with E-state index in [9.17, 15) is 19.2 Å². The summed E-state index contributed by atoms with van der Waals surface area (Å²) in [5.41, 5.74) is 6.17. The van der Waals surface area contributed by atoms with Crippen molar-refractivity contribution in [3.8, 4) is 0 Å². The highest BCUT2D eigenvalue weighted by Crippen LogP contribution is 2.19. The van der Waals surface area contributed by atoms with Gasteiger partial charge < -0.3 is 20.9 Å². The molecule has 1 heterocycles. The van der Waals surface area contributed by atoms with Gasteiger partial charge in [0.1, 0.15) is 11.5 Å². The average Bonchev–Trinajstić information content (AvgIpc) is 2.70. The molecule has 0 aliphatic rings. The SMILES string of the molecule is CC(C)CN(CC(=O)Nc1ccc(C(=O)N(C)C)cc1)c1c(N)n(CC(C)C)c(=O)[nH]c1=O. The molecule has 1 aromatic carbocycles. The Morgan fingerprint density at radius 1 is 1.06 bits per heavy atom. The molecule has 0 fully saturated rings. The van der Waals surface area contributed by atoms with Gasteiger partial charge in [-0.2, -0.15) is 0 Å². The van der Waals surface area contributed by atoms with Gasteiger partial charge in [-0.15, -0.1) is 0 Å². The van der Waals surface area contributed by atoms with Crippen molar-refractivity contribution < 1.29 is 9.59 Å². The first-order valence-corrected chi connectivity index (χ1v) is 10.9. The van der Waals surface area contributed by atoms with E-state index in [0.29, 0.717) is 24.3 Å². The number of nitrogen functional groups attached to an aromatic ring is 1. The van der Waals surface area contributed by atoms with Crippen LogP contribution in [0.3, 0.4) is 0 Å². The number of carbonyl (C=O) groups is 2. The van der Waals surface area contributed by atoms with E-state index in [-0.39, 0.29) is 41.7 Å². The molecule has 4 N–H and O–H groups in total. The van der Waals surface area contributed by atoms with E-state index in [1.807, 2.05) is 27.7 Å². The maximum absolute atomic E-state index is 12.8. The van der Waals surface area contributed by atoms with Crippen LogP contribution in [0.1, 0.15) is 38.1 Å². The third-order valence-corrected chi connectivity index (χ3v) is 4.82. The molecule has 0 aliphatic carbocycles. The van der Waals surface area contributed by atoms with Crippen molar-refractivity contribution in [2.75, 3.05) is 43.1 Å². The molecule has 0 radical (unpaired) electrons. The minimum atomic E-state index is -0.627. The molecule has 2 aromatic rings. The molecular weight excluding hydrogens is 424 g/mol. The Bertz CT molecular complexity index is 1100. The summed E-state index contributed by atoms with van der Waals surface area (Å²) in [7, 11) is 3.33. The number of nitrogens with one attached hydrogen (secondary N) is 2. The maximum Gasteiger partial charge on any atom is 0.330 e. The molecule has 10 nitrogen and oxygen atoms in total. The summed E-state index contributed by atoms with van der Waals surface area (Å²) in [5, 5.41) is 2.78. The lowest BCUT2D eigenvalue weighted by atomic mass is 10.1. The van der Waals surface area contributed by atoms with Gasteiger partial charge in [-0.05, 0) is 36.1 Å². The van der Waals surface area contributed by atoms with E-state index < -0.39 is 11.2 Å². The Hall–Kier alpha value is -3.56. The summed E-state index contributed by atoms with van der Waals surface area (Å²) in [6.07, 6.45) is 0. The number of carbonyl (C=O) groups excluding carboxylic acids is 2. The largest absolute Gasteiger partial charge is 0.383 e. The summed E-state index contributed by atoms with van der Waals surface area (Å²) in [4.78, 5) is 55.2. The van der Waals surface area contributed by atoms with Gasteiger partial charge in [0.05, 0.1) is 6.54 Å². The predicted molar refractivity (Wildman–Crippen MR) is 131 cm³/mol. The van der Waals surface area contributed by atoms with Crippen LogP contribution in [-0.4, -0.2) is 53.5 Å². The average molecular weight is 459 g/mol. The topological polar surface area (TPSA) is 134 Å². The zero-order valence-electron chi connectivity index (χ0n) is 20.1. The zero-order valence-corrected chi connectivity index (χ0v) is 20.1. The van der Waals surface area contributed by atoms with E-state index in [0.717, 1.165) is 0 Å². The summed E-state index contributed by atoms with van der Waals surface area (Å²) >= 11 is 0. The molecule has 0 bridgehead atoms. The number of H-pyrrole nitrogens is 1. The standard InChI is InChI=1S/C23H34N6O4/c1-14(2)11-28(19-20(24)29(12-15(3)4)23(33)26-21(19)31)13-18(30)25-17-9-7-16(8-10-17)22(32)27(5)6/h7-10,14-15H,11-13,24H2,1-6H3,(H,25,30)(H,26,31,33). The van der Waals surface area contributed by atoms with Gasteiger partial charge in [0, 0.05) is 38.4 Å². The quantitative estimate of drug-likeness (QED) is 0.522. The summed E-state index contributed by atoms with van der Waals surface area (Å²) in [6.45, 7) is 8.38. The van der Waals surface area contributed by atoms with Gasteiger partial charge in [-0.25, -0.2) is 4.79 Å². The molecular formula is C23H34N6O4. The molecule has 0 unspecified atom stereocenters. The van der Waals surface area contributed by atoms with Crippen LogP contribution in [0.4, 0.5) is 17.2 Å². The van der Waals surface area contributed by atoms with Gasteiger partial charge in [0.2, 0.25) is 5.91 Å². The van der Waals surface area contributed by atoms with E-state index in [4.69, 9.17) is 5.73 Å². The molecule has 2 rings (SSSR count). The first kappa shape index (κ1) is 25.7. The van der Waals surface area contributed by atoms with E-state index >= 15 is 0 Å². The van der Waals surface area contributed by atoms with Crippen molar-refractivity contribution in [2.24, 2.45) is 11.8 Å². The van der Waals surface area contributed by atoms with Crippen LogP contribution < -0.4 is 27.2 Å². The van der Waals surface area contributed by atoms with Crippen molar-refractivity contribution in [3.63, 3.8) is 0 Å². The third kappa shape index (κ3) is 6.71. The van der Waals surface area contributed by atoms with Gasteiger partial charge in [-0.3, -0.25) is 23.9 Å². The number of nitrogens with two attached hydrogens (primary N) is 1. The fourth-order valence-electron chi connectivity index (χ4n) is 3.43. The number of aromatic amines is 1. The lowest BCUT2D eigenvalue weighted by Gasteiger charge is -2.27. The van der Waals surface area contributed by atoms with Crippen LogP contribution in [0.5, 0.6) is 0 Å². The van der Waals surface area contributed by atoms with Crippen LogP contribution in [0, 0.1) is 11.8 Å². The van der Waals surface area contributed by atoms with Crippen LogP contribution in [-0.2, 0) is 11.3 Å². The van der Waals surface area contributed by atoms with Crippen molar-refractivity contribution >= 4 is 29.0 Å². The fourth-order valence-corrected chi connectivity index (χ4v) is 3.43. The number of aromatic nitrogens is 2. The second-order valence-electron chi connectivity index (χ2n) is 9.10. The molecule has 2 amide bonds. The number of hydrogen-bond donors (Lipinski definition) is 3. The highest BCUT2D eigenvalue weighted by atomic mass is 16.2. The Balaban J connectivity index is 2.30. The first-order chi connectivity index (χ1) is 15.4. The van der Waals surface area contributed by atoms with Crippen LogP contribution in [0.2, 0.25) is 0 Å². The van der Waals surface area contributed by atoms with Crippen molar-refractivity contribution in [1.29, 1.82) is 0 Å². The first-order valence-electron chi connectivity index (χ1n) is 10.9. The minimum absolute atomic E-state index is 0.0393. The molecule has 0 atom stereocenters. The van der Waals surface area contributed by atoms with E-state index in [1.54, 1.807) is 43.3 Å². The Labute approximate surface area is 193 Å². The summed E-state index contributed by atoms with van der Waals surface area (Å²) in [6, 6.07) is 6.56. The lowest BCUT2D eigenvalue weighted by Crippen LogP contribution is -2.43. The Kier molecular flexibility index (Phi) is 8.44. The number of anilines is 3. The second kappa shape index (κ2) is 10.8. The monoisotopic (exact) mass is 458 g/mol.